The van der Waals surface area contributed by atoms with Gasteiger partial charge < -0.3 is 9.72 Å². The number of anilines is 1. The number of aromatic nitrogens is 2. The second-order valence-corrected chi connectivity index (χ2v) is 7.43. The van der Waals surface area contributed by atoms with E-state index in [1.165, 1.54) is 19.4 Å². The molecule has 2 aromatic heterocycles. The fourth-order valence-electron chi connectivity index (χ4n) is 2.38. The quantitative estimate of drug-likeness (QED) is 0.592. The molecule has 3 aromatic rings. The van der Waals surface area contributed by atoms with Crippen LogP contribution in [0.3, 0.4) is 0 Å². The maximum atomic E-state index is 13.9. The normalized spacial score (nSPS) is 12.1. The van der Waals surface area contributed by atoms with E-state index in [1.54, 1.807) is 16.9 Å². The molecule has 12 heteroatoms. The minimum absolute atomic E-state index is 0.114. The highest BCUT2D eigenvalue weighted by Gasteiger charge is 2.35. The highest BCUT2D eigenvalue weighted by atomic mass is 32.2. The van der Waals surface area contributed by atoms with Crippen LogP contribution in [0.5, 0.6) is 5.75 Å². The van der Waals surface area contributed by atoms with Gasteiger partial charge in [-0.3, -0.25) is 9.71 Å². The summed E-state index contributed by atoms with van der Waals surface area (Å²) in [7, 11) is -2.97. The SMILES string of the molecule is COc1ccc(-c2cc(S(=O)(=O)Nc3cc(F)c(C(F)(F)F)cc3F)c[nH]2)nc1. The minimum atomic E-state index is -5.12. The van der Waals surface area contributed by atoms with Crippen molar-refractivity contribution in [1.29, 1.82) is 0 Å². The molecule has 1 aromatic carbocycles. The third-order valence-electron chi connectivity index (χ3n) is 3.82. The number of ether oxygens (including phenoxy) is 1. The van der Waals surface area contributed by atoms with Gasteiger partial charge in [0, 0.05) is 12.3 Å². The second kappa shape index (κ2) is 7.35. The summed E-state index contributed by atoms with van der Waals surface area (Å²) in [6, 6.07) is 4.34. The number of alkyl halides is 3. The molecule has 0 radical (unpaired) electrons. The van der Waals surface area contributed by atoms with Gasteiger partial charge in [0.25, 0.3) is 10.0 Å². The maximum absolute atomic E-state index is 13.9. The van der Waals surface area contributed by atoms with Crippen molar-refractivity contribution >= 4 is 15.7 Å². The van der Waals surface area contributed by atoms with E-state index < -0.39 is 39.1 Å². The number of nitrogens with zero attached hydrogens (tertiary/aromatic N) is 1. The monoisotopic (exact) mass is 433 g/mol. The summed E-state index contributed by atoms with van der Waals surface area (Å²) in [5, 5.41) is 0. The first-order valence-corrected chi connectivity index (χ1v) is 9.27. The Bertz CT molecular complexity index is 1140. The number of methoxy groups -OCH3 is 1. The van der Waals surface area contributed by atoms with Crippen molar-refractivity contribution in [2.24, 2.45) is 0 Å². The number of hydrogen-bond acceptors (Lipinski definition) is 4. The van der Waals surface area contributed by atoms with Gasteiger partial charge in [-0.25, -0.2) is 17.2 Å². The number of nitrogens with one attached hydrogen (secondary N) is 2. The zero-order chi connectivity index (χ0) is 21.4. The summed E-state index contributed by atoms with van der Waals surface area (Å²) in [6.45, 7) is 0. The van der Waals surface area contributed by atoms with E-state index in [4.69, 9.17) is 4.74 Å². The van der Waals surface area contributed by atoms with Gasteiger partial charge in [-0.2, -0.15) is 13.2 Å². The standard InChI is InChI=1S/C17H12F5N3O3S/c1-28-9-2-3-14(23-7-9)16-4-10(8-24-16)29(26,27)25-15-6-12(18)11(5-13(15)19)17(20,21)22/h2-8,24-25H,1H3. The largest absolute Gasteiger partial charge is 0.495 e. The molecule has 2 N–H and O–H groups in total. The average Bonchev–Trinajstić information content (AvgIpc) is 3.14. The lowest BCUT2D eigenvalue weighted by atomic mass is 10.2. The second-order valence-electron chi connectivity index (χ2n) is 5.75. The van der Waals surface area contributed by atoms with E-state index in [-0.39, 0.29) is 17.0 Å². The molecule has 0 fully saturated rings. The number of halogens is 5. The molecule has 154 valence electrons. The lowest BCUT2D eigenvalue weighted by molar-refractivity contribution is -0.140. The molecule has 0 amide bonds. The van der Waals surface area contributed by atoms with Crippen molar-refractivity contribution in [3.63, 3.8) is 0 Å². The van der Waals surface area contributed by atoms with Crippen LogP contribution >= 0.6 is 0 Å². The highest BCUT2D eigenvalue weighted by molar-refractivity contribution is 7.92. The number of aromatic amines is 1. The van der Waals surface area contributed by atoms with Gasteiger partial charge in [-0.15, -0.1) is 0 Å². The van der Waals surface area contributed by atoms with E-state index in [9.17, 15) is 30.4 Å². The Kier molecular flexibility index (Phi) is 5.22. The first-order chi connectivity index (χ1) is 13.5. The average molecular weight is 433 g/mol. The Morgan fingerprint density at radius 3 is 2.41 bits per heavy atom. The molecule has 0 aliphatic rings. The summed E-state index contributed by atoms with van der Waals surface area (Å²) in [6.07, 6.45) is -2.64. The zero-order valence-corrected chi connectivity index (χ0v) is 15.3. The Balaban J connectivity index is 1.89. The lowest BCUT2D eigenvalue weighted by Gasteiger charge is -2.12. The molecule has 0 spiro atoms. The third-order valence-corrected chi connectivity index (χ3v) is 5.17. The van der Waals surface area contributed by atoms with Crippen LogP contribution in [0.2, 0.25) is 0 Å². The molecule has 0 aliphatic heterocycles. The van der Waals surface area contributed by atoms with E-state index in [2.05, 4.69) is 9.97 Å². The first-order valence-electron chi connectivity index (χ1n) is 7.79. The number of benzene rings is 1. The van der Waals surface area contributed by atoms with Gasteiger partial charge in [0.1, 0.15) is 22.3 Å². The molecule has 0 aliphatic carbocycles. The summed E-state index contributed by atoms with van der Waals surface area (Å²) in [5.74, 6) is -2.90. The first kappa shape index (κ1) is 20.6. The van der Waals surface area contributed by atoms with Crippen molar-refractivity contribution in [3.8, 4) is 17.1 Å². The molecule has 0 unspecified atom stereocenters. The number of hydrogen-bond donors (Lipinski definition) is 2. The van der Waals surface area contributed by atoms with Crippen molar-refractivity contribution in [1.82, 2.24) is 9.97 Å². The lowest BCUT2D eigenvalue weighted by Crippen LogP contribution is -2.15. The van der Waals surface area contributed by atoms with Gasteiger partial charge in [-0.05, 0) is 24.3 Å². The highest BCUT2D eigenvalue weighted by Crippen LogP contribution is 2.34. The van der Waals surface area contributed by atoms with E-state index >= 15 is 0 Å². The molecule has 2 heterocycles. The predicted octanol–water partition coefficient (Wildman–Crippen LogP) is 4.18. The molecule has 0 saturated heterocycles. The van der Waals surface area contributed by atoms with E-state index in [0.29, 0.717) is 17.1 Å². The fraction of sp³-hybridized carbons (Fsp3) is 0.118. The number of sulfonamides is 1. The van der Waals surface area contributed by atoms with Gasteiger partial charge >= 0.3 is 6.18 Å². The molecule has 29 heavy (non-hydrogen) atoms. The van der Waals surface area contributed by atoms with Crippen LogP contribution in [0.4, 0.5) is 27.6 Å². The molecule has 6 nitrogen and oxygen atoms in total. The number of H-pyrrole nitrogens is 1. The van der Waals surface area contributed by atoms with Crippen LogP contribution in [0.1, 0.15) is 5.56 Å². The summed E-state index contributed by atoms with van der Waals surface area (Å²) in [5.41, 5.74) is -2.13. The number of rotatable bonds is 5. The van der Waals surface area contributed by atoms with E-state index in [1.807, 2.05) is 0 Å². The smallest absolute Gasteiger partial charge is 0.419 e. The van der Waals surface area contributed by atoms with Gasteiger partial charge in [-0.1, -0.05) is 0 Å². The molecular weight excluding hydrogens is 421 g/mol. The topological polar surface area (TPSA) is 84.1 Å². The van der Waals surface area contributed by atoms with Gasteiger partial charge in [0.05, 0.1) is 35.9 Å². The molecule has 0 bridgehead atoms. The third kappa shape index (κ3) is 4.31. The van der Waals surface area contributed by atoms with Crippen LogP contribution in [-0.2, 0) is 16.2 Å². The van der Waals surface area contributed by atoms with Crippen LogP contribution in [0.15, 0.2) is 47.6 Å². The summed E-state index contributed by atoms with van der Waals surface area (Å²) >= 11 is 0. The van der Waals surface area contributed by atoms with E-state index in [0.717, 1.165) is 6.20 Å². The van der Waals surface area contributed by atoms with Crippen molar-refractivity contribution < 1.29 is 35.1 Å². The fourth-order valence-corrected chi connectivity index (χ4v) is 3.43. The Hall–Kier alpha value is -3.15. The molecule has 3 rings (SSSR count). The predicted molar refractivity (Wildman–Crippen MR) is 92.7 cm³/mol. The zero-order valence-electron chi connectivity index (χ0n) is 14.5. The maximum Gasteiger partial charge on any atom is 0.419 e. The van der Waals surface area contributed by atoms with Crippen molar-refractivity contribution in [2.75, 3.05) is 11.8 Å². The molecule has 0 atom stereocenters. The summed E-state index contributed by atoms with van der Waals surface area (Å²) < 4.78 is 96.9. The van der Waals surface area contributed by atoms with Gasteiger partial charge in [0.15, 0.2) is 0 Å². The van der Waals surface area contributed by atoms with Crippen LogP contribution in [0, 0.1) is 11.6 Å². The number of pyridine rings is 1. The van der Waals surface area contributed by atoms with Gasteiger partial charge in [0.2, 0.25) is 0 Å². The molecular formula is C17H12F5N3O3S. The Morgan fingerprint density at radius 1 is 1.10 bits per heavy atom. The molecule has 0 saturated carbocycles. The van der Waals surface area contributed by atoms with Crippen LogP contribution in [0.25, 0.3) is 11.4 Å². The van der Waals surface area contributed by atoms with Crippen LogP contribution in [-0.4, -0.2) is 25.5 Å². The Morgan fingerprint density at radius 2 is 1.83 bits per heavy atom. The van der Waals surface area contributed by atoms with Crippen molar-refractivity contribution in [2.45, 2.75) is 11.1 Å². The Labute approximate surface area is 161 Å². The summed E-state index contributed by atoms with van der Waals surface area (Å²) in [4.78, 5) is 6.38. The van der Waals surface area contributed by atoms with Crippen LogP contribution < -0.4 is 9.46 Å². The minimum Gasteiger partial charge on any atom is -0.495 e. The van der Waals surface area contributed by atoms with Crippen molar-refractivity contribution in [3.05, 3.63) is 59.9 Å².